The van der Waals surface area contributed by atoms with Crippen LogP contribution in [0, 0.1) is 5.82 Å². The molecule has 0 atom stereocenters. The zero-order chi connectivity index (χ0) is 19.1. The number of likely N-dealkylation sites (tertiary alicyclic amines) is 2. The van der Waals surface area contributed by atoms with Crippen LogP contribution in [0.1, 0.15) is 69.7 Å². The van der Waals surface area contributed by atoms with Gasteiger partial charge in [0.2, 0.25) is 0 Å². The van der Waals surface area contributed by atoms with E-state index in [9.17, 15) is 4.39 Å². The van der Waals surface area contributed by atoms with Crippen molar-refractivity contribution in [2.45, 2.75) is 69.9 Å². The molecule has 1 aromatic heterocycles. The fraction of sp³-hybridized carbons (Fsp3) is 0.696. The Morgan fingerprint density at radius 3 is 2.32 bits per heavy atom. The molecule has 0 amide bonds. The summed E-state index contributed by atoms with van der Waals surface area (Å²) in [4.78, 5) is 10.2. The van der Waals surface area contributed by atoms with Gasteiger partial charge in [0.1, 0.15) is 11.6 Å². The van der Waals surface area contributed by atoms with Gasteiger partial charge in [-0.1, -0.05) is 13.3 Å². The van der Waals surface area contributed by atoms with E-state index in [1.165, 1.54) is 83.5 Å². The predicted molar refractivity (Wildman–Crippen MR) is 111 cm³/mol. The third-order valence-electron chi connectivity index (χ3n) is 7.53. The van der Waals surface area contributed by atoms with Crippen LogP contribution in [0.3, 0.4) is 0 Å². The van der Waals surface area contributed by atoms with Gasteiger partial charge < -0.3 is 14.4 Å². The molecule has 3 fully saturated rings. The van der Waals surface area contributed by atoms with Crippen molar-refractivity contribution in [1.29, 1.82) is 0 Å². The van der Waals surface area contributed by atoms with Gasteiger partial charge in [0.15, 0.2) is 0 Å². The van der Waals surface area contributed by atoms with Gasteiger partial charge in [0, 0.05) is 37.2 Å². The van der Waals surface area contributed by atoms with Gasteiger partial charge >= 0.3 is 0 Å². The number of hydrogen-bond donors (Lipinski definition) is 0. The zero-order valence-corrected chi connectivity index (χ0v) is 17.1. The highest BCUT2D eigenvalue weighted by Gasteiger charge is 2.32. The summed E-state index contributed by atoms with van der Waals surface area (Å²) in [7, 11) is 0. The highest BCUT2D eigenvalue weighted by Crippen LogP contribution is 2.40. The Balaban J connectivity index is 1.33. The minimum Gasteiger partial charge on any atom is -0.325 e. The molecule has 152 valence electrons. The first kappa shape index (κ1) is 18.6. The van der Waals surface area contributed by atoms with Crippen LogP contribution in [-0.2, 0) is 0 Å². The minimum atomic E-state index is -0.175. The Kier molecular flexibility index (Phi) is 5.14. The van der Waals surface area contributed by atoms with Crippen LogP contribution in [0.15, 0.2) is 18.2 Å². The average Bonchev–Trinajstić information content (AvgIpc) is 3.04. The summed E-state index contributed by atoms with van der Waals surface area (Å²) in [5, 5.41) is 0. The first-order valence-corrected chi connectivity index (χ1v) is 11.4. The van der Waals surface area contributed by atoms with Crippen molar-refractivity contribution in [2.75, 3.05) is 32.7 Å². The quantitative estimate of drug-likeness (QED) is 0.772. The monoisotopic (exact) mass is 384 g/mol. The predicted octanol–water partition coefficient (Wildman–Crippen LogP) is 4.56. The van der Waals surface area contributed by atoms with E-state index in [2.05, 4.69) is 21.3 Å². The number of rotatable bonds is 4. The van der Waals surface area contributed by atoms with Crippen LogP contribution in [0.5, 0.6) is 0 Å². The number of piperidine rings is 2. The molecule has 0 radical (unpaired) electrons. The molecule has 1 saturated carbocycles. The Hall–Kier alpha value is -1.46. The lowest BCUT2D eigenvalue weighted by molar-refractivity contribution is 0.0808. The van der Waals surface area contributed by atoms with E-state index in [0.717, 1.165) is 17.1 Å². The fourth-order valence-electron chi connectivity index (χ4n) is 5.54. The van der Waals surface area contributed by atoms with E-state index in [0.29, 0.717) is 12.0 Å². The zero-order valence-electron chi connectivity index (χ0n) is 17.1. The van der Waals surface area contributed by atoms with Crippen LogP contribution < -0.4 is 0 Å². The molecule has 2 aromatic rings. The summed E-state index contributed by atoms with van der Waals surface area (Å²) in [5.74, 6) is 1.62. The molecule has 0 spiro atoms. The summed E-state index contributed by atoms with van der Waals surface area (Å²) in [5.41, 5.74) is 1.98. The number of aromatic nitrogens is 2. The SMILES string of the molecule is CCN1CCC(N2CCC(n3c(C4CCC4)nc4cc(F)ccc43)CC2)CC1. The van der Waals surface area contributed by atoms with Crippen molar-refractivity contribution in [1.82, 2.24) is 19.4 Å². The number of imidazole rings is 1. The van der Waals surface area contributed by atoms with E-state index in [1.807, 2.05) is 6.07 Å². The molecule has 1 aromatic carbocycles. The van der Waals surface area contributed by atoms with Gasteiger partial charge in [-0.2, -0.15) is 0 Å². The summed E-state index contributed by atoms with van der Waals surface area (Å²) in [6, 6.07) is 6.44. The van der Waals surface area contributed by atoms with Gasteiger partial charge in [-0.3, -0.25) is 0 Å². The fourth-order valence-corrected chi connectivity index (χ4v) is 5.54. The second-order valence-electron chi connectivity index (χ2n) is 9.03. The molecule has 1 aliphatic carbocycles. The molecule has 5 heteroatoms. The summed E-state index contributed by atoms with van der Waals surface area (Å²) < 4.78 is 16.3. The second kappa shape index (κ2) is 7.75. The van der Waals surface area contributed by atoms with E-state index in [4.69, 9.17) is 4.98 Å². The van der Waals surface area contributed by atoms with Crippen molar-refractivity contribution < 1.29 is 4.39 Å². The first-order chi connectivity index (χ1) is 13.7. The molecular formula is C23H33FN4. The van der Waals surface area contributed by atoms with E-state index in [1.54, 1.807) is 12.1 Å². The maximum atomic E-state index is 13.8. The lowest BCUT2D eigenvalue weighted by atomic mass is 9.84. The third kappa shape index (κ3) is 3.37. The third-order valence-corrected chi connectivity index (χ3v) is 7.53. The summed E-state index contributed by atoms with van der Waals surface area (Å²) >= 11 is 0. The van der Waals surface area contributed by atoms with Gasteiger partial charge in [-0.15, -0.1) is 0 Å². The Bertz CT molecular complexity index is 811. The topological polar surface area (TPSA) is 24.3 Å². The van der Waals surface area contributed by atoms with E-state index in [-0.39, 0.29) is 5.82 Å². The second-order valence-corrected chi connectivity index (χ2v) is 9.03. The summed E-state index contributed by atoms with van der Waals surface area (Å²) in [6.45, 7) is 8.34. The lowest BCUT2D eigenvalue weighted by Crippen LogP contribution is -2.47. The van der Waals surface area contributed by atoms with Crippen LogP contribution in [0.25, 0.3) is 11.0 Å². The molecule has 0 bridgehead atoms. The molecule has 4 nitrogen and oxygen atoms in total. The molecule has 3 heterocycles. The van der Waals surface area contributed by atoms with Gasteiger partial charge in [-0.25, -0.2) is 9.37 Å². The van der Waals surface area contributed by atoms with Gasteiger partial charge in [-0.05, 0) is 70.3 Å². The van der Waals surface area contributed by atoms with Gasteiger partial charge in [0.05, 0.1) is 11.0 Å². The molecule has 5 rings (SSSR count). The number of benzene rings is 1. The average molecular weight is 385 g/mol. The van der Waals surface area contributed by atoms with Crippen LogP contribution in [0.4, 0.5) is 4.39 Å². The lowest BCUT2D eigenvalue weighted by Gasteiger charge is -2.42. The number of nitrogens with zero attached hydrogens (tertiary/aromatic N) is 4. The largest absolute Gasteiger partial charge is 0.325 e. The maximum absolute atomic E-state index is 13.8. The highest BCUT2D eigenvalue weighted by atomic mass is 19.1. The van der Waals surface area contributed by atoms with Crippen LogP contribution in [0.2, 0.25) is 0 Å². The number of fused-ring (bicyclic) bond motifs is 1. The van der Waals surface area contributed by atoms with Crippen molar-refractivity contribution in [3.05, 3.63) is 29.8 Å². The van der Waals surface area contributed by atoms with Crippen molar-refractivity contribution >= 4 is 11.0 Å². The first-order valence-electron chi connectivity index (χ1n) is 11.4. The van der Waals surface area contributed by atoms with Crippen molar-refractivity contribution in [2.24, 2.45) is 0 Å². The highest BCUT2D eigenvalue weighted by molar-refractivity contribution is 5.76. The van der Waals surface area contributed by atoms with E-state index >= 15 is 0 Å². The van der Waals surface area contributed by atoms with Crippen LogP contribution >= 0.6 is 0 Å². The standard InChI is InChI=1S/C23H33FN4/c1-2-26-12-8-19(9-13-26)27-14-10-20(11-15-27)28-22-7-6-18(24)16-21(22)25-23(28)17-4-3-5-17/h6-7,16-17,19-20H,2-5,8-15H2,1H3. The smallest absolute Gasteiger partial charge is 0.125 e. The van der Waals surface area contributed by atoms with Gasteiger partial charge in [0.25, 0.3) is 0 Å². The molecule has 2 aliphatic heterocycles. The normalized spacial score (nSPS) is 24.1. The Morgan fingerprint density at radius 2 is 1.68 bits per heavy atom. The molecule has 0 N–H and O–H groups in total. The Labute approximate surface area is 167 Å². The molecule has 28 heavy (non-hydrogen) atoms. The molecule has 0 unspecified atom stereocenters. The summed E-state index contributed by atoms with van der Waals surface area (Å²) in [6.07, 6.45) is 8.80. The minimum absolute atomic E-state index is 0.175. The number of halogens is 1. The van der Waals surface area contributed by atoms with Crippen molar-refractivity contribution in [3.8, 4) is 0 Å². The Morgan fingerprint density at radius 1 is 0.964 bits per heavy atom. The van der Waals surface area contributed by atoms with Crippen molar-refractivity contribution in [3.63, 3.8) is 0 Å². The molecule has 2 saturated heterocycles. The molecular weight excluding hydrogens is 351 g/mol. The van der Waals surface area contributed by atoms with Crippen LogP contribution in [-0.4, -0.2) is 58.1 Å². The molecule has 3 aliphatic rings. The number of hydrogen-bond acceptors (Lipinski definition) is 3. The maximum Gasteiger partial charge on any atom is 0.125 e. The van der Waals surface area contributed by atoms with E-state index < -0.39 is 0 Å².